The fourth-order valence-corrected chi connectivity index (χ4v) is 2.57. The lowest BCUT2D eigenvalue weighted by atomic mass is 10.1. The smallest absolute Gasteiger partial charge is 0.238 e. The number of rotatable bonds is 7. The van der Waals surface area contributed by atoms with Crippen LogP contribution in [0.1, 0.15) is 5.56 Å². The highest BCUT2D eigenvalue weighted by Crippen LogP contribution is 2.12. The average Bonchev–Trinajstić information content (AvgIpc) is 2.55. The van der Waals surface area contributed by atoms with Crippen LogP contribution in [0.4, 0.5) is 14.5 Å². The molecule has 0 aromatic heterocycles. The number of carbonyl (C=O) groups excluding carboxylic acids is 1. The van der Waals surface area contributed by atoms with E-state index in [4.69, 9.17) is 5.14 Å². The average molecular weight is 369 g/mol. The van der Waals surface area contributed by atoms with E-state index in [9.17, 15) is 22.0 Å². The number of nitrogens with two attached hydrogens (primary N) is 1. The third-order valence-corrected chi connectivity index (χ3v) is 4.26. The molecule has 2 aromatic carbocycles. The van der Waals surface area contributed by atoms with Crippen molar-refractivity contribution in [1.82, 2.24) is 5.32 Å². The van der Waals surface area contributed by atoms with Gasteiger partial charge in [0.05, 0.1) is 11.4 Å². The minimum absolute atomic E-state index is 0.00570. The summed E-state index contributed by atoms with van der Waals surface area (Å²) in [7, 11) is -3.71. The second-order valence-electron chi connectivity index (χ2n) is 5.29. The molecule has 0 bridgehead atoms. The normalized spacial score (nSPS) is 11.3. The molecule has 0 saturated heterocycles. The lowest BCUT2D eigenvalue weighted by molar-refractivity contribution is -0.115. The Balaban J connectivity index is 1.75. The second-order valence-corrected chi connectivity index (χ2v) is 6.85. The summed E-state index contributed by atoms with van der Waals surface area (Å²) in [5, 5.41) is 10.4. The Morgan fingerprint density at radius 2 is 1.72 bits per heavy atom. The second kappa shape index (κ2) is 8.15. The van der Waals surface area contributed by atoms with Crippen LogP contribution in [0.25, 0.3) is 0 Å². The molecular weight excluding hydrogens is 352 g/mol. The number of anilines is 1. The molecule has 0 heterocycles. The van der Waals surface area contributed by atoms with E-state index < -0.39 is 27.6 Å². The number of hydrogen-bond acceptors (Lipinski definition) is 4. The van der Waals surface area contributed by atoms with Gasteiger partial charge in [0.25, 0.3) is 0 Å². The first-order chi connectivity index (χ1) is 11.8. The van der Waals surface area contributed by atoms with Crippen molar-refractivity contribution in [1.29, 1.82) is 0 Å². The van der Waals surface area contributed by atoms with E-state index in [0.29, 0.717) is 13.0 Å². The molecule has 4 N–H and O–H groups in total. The monoisotopic (exact) mass is 369 g/mol. The molecule has 0 atom stereocenters. The van der Waals surface area contributed by atoms with Gasteiger partial charge in [-0.3, -0.25) is 4.79 Å². The third-order valence-electron chi connectivity index (χ3n) is 3.33. The molecule has 6 nitrogen and oxygen atoms in total. The molecule has 0 saturated carbocycles. The first-order valence-electron chi connectivity index (χ1n) is 7.33. The van der Waals surface area contributed by atoms with Crippen molar-refractivity contribution < 1.29 is 22.0 Å². The molecule has 1 amide bonds. The van der Waals surface area contributed by atoms with Gasteiger partial charge in [-0.25, -0.2) is 22.3 Å². The van der Waals surface area contributed by atoms with Crippen LogP contribution in [0.2, 0.25) is 0 Å². The SMILES string of the molecule is NS(=O)(=O)c1ccc(CCNCC(=O)Nc2ccc(F)c(F)c2)cc1. The van der Waals surface area contributed by atoms with Crippen LogP contribution >= 0.6 is 0 Å². The van der Waals surface area contributed by atoms with Gasteiger partial charge in [0, 0.05) is 11.8 Å². The van der Waals surface area contributed by atoms with Gasteiger partial charge in [-0.2, -0.15) is 0 Å². The Morgan fingerprint density at radius 3 is 2.32 bits per heavy atom. The highest BCUT2D eigenvalue weighted by Gasteiger charge is 2.07. The predicted octanol–water partition coefficient (Wildman–Crippen LogP) is 1.38. The third kappa shape index (κ3) is 5.89. The van der Waals surface area contributed by atoms with Gasteiger partial charge in [-0.1, -0.05) is 12.1 Å². The summed E-state index contributed by atoms with van der Waals surface area (Å²) in [6.07, 6.45) is 0.573. The number of benzene rings is 2. The maximum Gasteiger partial charge on any atom is 0.238 e. The van der Waals surface area contributed by atoms with Crippen LogP contribution in [0.15, 0.2) is 47.4 Å². The van der Waals surface area contributed by atoms with Gasteiger partial charge in [-0.05, 0) is 42.8 Å². The van der Waals surface area contributed by atoms with Crippen LogP contribution in [-0.4, -0.2) is 27.4 Å². The summed E-state index contributed by atoms with van der Waals surface area (Å²) in [5.41, 5.74) is 1.05. The Morgan fingerprint density at radius 1 is 1.04 bits per heavy atom. The molecule has 25 heavy (non-hydrogen) atoms. The van der Waals surface area contributed by atoms with E-state index in [1.54, 1.807) is 12.1 Å². The van der Waals surface area contributed by atoms with Crippen LogP contribution in [0, 0.1) is 11.6 Å². The van der Waals surface area contributed by atoms with Gasteiger partial charge >= 0.3 is 0 Å². The Bertz CT molecular complexity index is 855. The molecule has 2 aromatic rings. The van der Waals surface area contributed by atoms with E-state index in [-0.39, 0.29) is 17.1 Å². The number of halogens is 2. The molecule has 2 rings (SSSR count). The zero-order chi connectivity index (χ0) is 18.4. The van der Waals surface area contributed by atoms with E-state index in [1.165, 1.54) is 18.2 Å². The number of hydrogen-bond donors (Lipinski definition) is 3. The fourth-order valence-electron chi connectivity index (χ4n) is 2.06. The summed E-state index contributed by atoms with van der Waals surface area (Å²) in [5.74, 6) is -2.41. The first kappa shape index (κ1) is 19.0. The highest BCUT2D eigenvalue weighted by molar-refractivity contribution is 7.89. The van der Waals surface area contributed by atoms with Gasteiger partial charge in [-0.15, -0.1) is 0 Å². The zero-order valence-corrected chi connectivity index (χ0v) is 13.9. The number of sulfonamides is 1. The summed E-state index contributed by atoms with van der Waals surface area (Å²) in [4.78, 5) is 11.7. The Labute approximate surface area is 144 Å². The molecule has 134 valence electrons. The maximum atomic E-state index is 13.0. The van der Waals surface area contributed by atoms with Gasteiger partial charge in [0.15, 0.2) is 11.6 Å². The van der Waals surface area contributed by atoms with Crippen molar-refractivity contribution >= 4 is 21.6 Å². The standard InChI is InChI=1S/C16H17F2N3O3S/c17-14-6-3-12(9-15(14)18)21-16(22)10-20-8-7-11-1-4-13(5-2-11)25(19,23)24/h1-6,9,20H,7-8,10H2,(H,21,22)(H2,19,23,24). The molecule has 0 radical (unpaired) electrons. The van der Waals surface area contributed by atoms with Crippen molar-refractivity contribution in [2.75, 3.05) is 18.4 Å². The van der Waals surface area contributed by atoms with Gasteiger partial charge in [0.1, 0.15) is 0 Å². The van der Waals surface area contributed by atoms with Crippen molar-refractivity contribution in [3.05, 3.63) is 59.7 Å². The lowest BCUT2D eigenvalue weighted by Gasteiger charge is -2.07. The van der Waals surface area contributed by atoms with Crippen molar-refractivity contribution in [3.8, 4) is 0 Å². The zero-order valence-electron chi connectivity index (χ0n) is 13.1. The van der Waals surface area contributed by atoms with Gasteiger partial charge in [0.2, 0.25) is 15.9 Å². The summed E-state index contributed by atoms with van der Waals surface area (Å²) >= 11 is 0. The summed E-state index contributed by atoms with van der Waals surface area (Å²) < 4.78 is 48.1. The molecular formula is C16H17F2N3O3S. The van der Waals surface area contributed by atoms with Crippen molar-refractivity contribution in [3.63, 3.8) is 0 Å². The highest BCUT2D eigenvalue weighted by atomic mass is 32.2. The molecule has 0 fully saturated rings. The Hall–Kier alpha value is -2.36. The largest absolute Gasteiger partial charge is 0.325 e. The minimum atomic E-state index is -3.71. The molecule has 0 unspecified atom stereocenters. The maximum absolute atomic E-state index is 13.0. The first-order valence-corrected chi connectivity index (χ1v) is 8.88. The van der Waals surface area contributed by atoms with Crippen LogP contribution < -0.4 is 15.8 Å². The minimum Gasteiger partial charge on any atom is -0.325 e. The van der Waals surface area contributed by atoms with E-state index in [2.05, 4.69) is 10.6 Å². The van der Waals surface area contributed by atoms with Crippen LogP contribution in [0.3, 0.4) is 0 Å². The van der Waals surface area contributed by atoms with Crippen LogP contribution in [0.5, 0.6) is 0 Å². The molecule has 0 aliphatic carbocycles. The molecule has 0 aliphatic rings. The fraction of sp³-hybridized carbons (Fsp3) is 0.188. The van der Waals surface area contributed by atoms with Crippen molar-refractivity contribution in [2.45, 2.75) is 11.3 Å². The number of carbonyl (C=O) groups is 1. The molecule has 0 spiro atoms. The predicted molar refractivity (Wildman–Crippen MR) is 89.4 cm³/mol. The Kier molecular flexibility index (Phi) is 6.18. The summed E-state index contributed by atoms with van der Waals surface area (Å²) in [6.45, 7) is 0.466. The van der Waals surface area contributed by atoms with Crippen molar-refractivity contribution in [2.24, 2.45) is 5.14 Å². The quantitative estimate of drug-likeness (QED) is 0.642. The molecule has 0 aliphatic heterocycles. The molecule has 9 heteroatoms. The van der Waals surface area contributed by atoms with Gasteiger partial charge < -0.3 is 10.6 Å². The van der Waals surface area contributed by atoms with Crippen LogP contribution in [-0.2, 0) is 21.2 Å². The topological polar surface area (TPSA) is 101 Å². The number of primary sulfonamides is 1. The number of amides is 1. The van der Waals surface area contributed by atoms with E-state index in [1.807, 2.05) is 0 Å². The lowest BCUT2D eigenvalue weighted by Crippen LogP contribution is -2.29. The summed E-state index contributed by atoms with van der Waals surface area (Å²) in [6, 6.07) is 9.22. The van der Waals surface area contributed by atoms with E-state index >= 15 is 0 Å². The number of nitrogens with one attached hydrogen (secondary N) is 2. The van der Waals surface area contributed by atoms with E-state index in [0.717, 1.165) is 17.7 Å².